The van der Waals surface area contributed by atoms with Gasteiger partial charge in [0.2, 0.25) is 0 Å². The number of nitrogens with one attached hydrogen (secondary N) is 1. The molecule has 0 unspecified atom stereocenters. The molecule has 0 amide bonds. The van der Waals surface area contributed by atoms with Crippen molar-refractivity contribution in [3.63, 3.8) is 0 Å². The van der Waals surface area contributed by atoms with Gasteiger partial charge in [-0.1, -0.05) is 12.1 Å². The predicted octanol–water partition coefficient (Wildman–Crippen LogP) is 1.62. The average Bonchev–Trinajstić information content (AvgIpc) is 2.16. The number of benzene rings is 1. The van der Waals surface area contributed by atoms with Crippen molar-refractivity contribution in [2.24, 2.45) is 5.73 Å². The molecule has 0 saturated heterocycles. The highest BCUT2D eigenvalue weighted by Crippen LogP contribution is 2.36. The minimum absolute atomic E-state index is 0.133. The molecule has 1 aliphatic carbocycles. The quantitative estimate of drug-likeness (QED) is 0.789. The lowest BCUT2D eigenvalue weighted by atomic mass is 9.76. The third-order valence-corrected chi connectivity index (χ3v) is 3.04. The van der Waals surface area contributed by atoms with Crippen LogP contribution in [0.5, 0.6) is 0 Å². The van der Waals surface area contributed by atoms with E-state index in [1.54, 1.807) is 12.1 Å². The molecular weight excluding hydrogens is 191 g/mol. The van der Waals surface area contributed by atoms with Crippen molar-refractivity contribution in [2.45, 2.75) is 24.8 Å². The Morgan fingerprint density at radius 1 is 1.40 bits per heavy atom. The summed E-state index contributed by atoms with van der Waals surface area (Å²) in [5.74, 6) is 0.391. The van der Waals surface area contributed by atoms with Gasteiger partial charge in [0, 0.05) is 19.1 Å². The van der Waals surface area contributed by atoms with Crippen LogP contribution in [0.4, 0.5) is 4.39 Å². The fourth-order valence-corrected chi connectivity index (χ4v) is 2.10. The number of rotatable bonds is 4. The average molecular weight is 208 g/mol. The van der Waals surface area contributed by atoms with Crippen LogP contribution in [0.1, 0.15) is 24.3 Å². The van der Waals surface area contributed by atoms with Crippen LogP contribution in [0.3, 0.4) is 0 Å². The zero-order valence-corrected chi connectivity index (χ0v) is 8.75. The molecule has 0 aromatic heterocycles. The van der Waals surface area contributed by atoms with Crippen LogP contribution in [0, 0.1) is 5.82 Å². The van der Waals surface area contributed by atoms with Crippen molar-refractivity contribution in [1.82, 2.24) is 5.32 Å². The van der Waals surface area contributed by atoms with Gasteiger partial charge in [-0.3, -0.25) is 0 Å². The summed E-state index contributed by atoms with van der Waals surface area (Å²) in [5, 5.41) is 3.36. The van der Waals surface area contributed by atoms with E-state index < -0.39 is 0 Å². The smallest absolute Gasteiger partial charge is 0.123 e. The van der Waals surface area contributed by atoms with E-state index in [-0.39, 0.29) is 5.82 Å². The largest absolute Gasteiger partial charge is 0.329 e. The van der Waals surface area contributed by atoms with Crippen LogP contribution in [0.15, 0.2) is 24.3 Å². The first-order valence-corrected chi connectivity index (χ1v) is 5.48. The molecular formula is C12H17FN2. The van der Waals surface area contributed by atoms with Crippen LogP contribution in [0.25, 0.3) is 0 Å². The third kappa shape index (κ3) is 2.55. The van der Waals surface area contributed by atoms with Gasteiger partial charge in [0.05, 0.1) is 0 Å². The summed E-state index contributed by atoms with van der Waals surface area (Å²) < 4.78 is 13.0. The Balaban J connectivity index is 1.84. The first kappa shape index (κ1) is 10.6. The first-order chi connectivity index (χ1) is 7.29. The SMILES string of the molecule is NCCNC1CC(c2cccc(F)c2)C1. The summed E-state index contributed by atoms with van der Waals surface area (Å²) in [7, 11) is 0. The summed E-state index contributed by atoms with van der Waals surface area (Å²) in [4.78, 5) is 0. The fraction of sp³-hybridized carbons (Fsp3) is 0.500. The van der Waals surface area contributed by atoms with Gasteiger partial charge >= 0.3 is 0 Å². The number of halogens is 1. The van der Waals surface area contributed by atoms with Gasteiger partial charge in [0.1, 0.15) is 5.82 Å². The molecule has 82 valence electrons. The van der Waals surface area contributed by atoms with E-state index in [0.29, 0.717) is 18.5 Å². The fourth-order valence-electron chi connectivity index (χ4n) is 2.10. The van der Waals surface area contributed by atoms with Crippen molar-refractivity contribution in [2.75, 3.05) is 13.1 Å². The number of hydrogen-bond acceptors (Lipinski definition) is 2. The lowest BCUT2D eigenvalue weighted by Gasteiger charge is -2.36. The molecule has 1 aromatic rings. The molecule has 0 aliphatic heterocycles. The van der Waals surface area contributed by atoms with Gasteiger partial charge in [-0.15, -0.1) is 0 Å². The maximum atomic E-state index is 13.0. The molecule has 1 aromatic carbocycles. The van der Waals surface area contributed by atoms with Crippen molar-refractivity contribution >= 4 is 0 Å². The molecule has 3 heteroatoms. The molecule has 0 atom stereocenters. The second kappa shape index (κ2) is 4.73. The zero-order valence-electron chi connectivity index (χ0n) is 8.75. The second-order valence-electron chi connectivity index (χ2n) is 4.16. The maximum Gasteiger partial charge on any atom is 0.123 e. The minimum atomic E-state index is -0.133. The Hall–Kier alpha value is -0.930. The van der Waals surface area contributed by atoms with E-state index in [2.05, 4.69) is 5.32 Å². The first-order valence-electron chi connectivity index (χ1n) is 5.48. The Morgan fingerprint density at radius 3 is 2.87 bits per heavy atom. The molecule has 0 heterocycles. The molecule has 1 aliphatic rings. The Labute approximate surface area is 89.7 Å². The van der Waals surface area contributed by atoms with E-state index in [1.165, 1.54) is 6.07 Å². The molecule has 1 fully saturated rings. The Morgan fingerprint density at radius 2 is 2.20 bits per heavy atom. The summed E-state index contributed by atoms with van der Waals surface area (Å²) in [6.45, 7) is 1.56. The molecule has 0 radical (unpaired) electrons. The number of nitrogens with two attached hydrogens (primary N) is 1. The van der Waals surface area contributed by atoms with E-state index >= 15 is 0 Å². The summed E-state index contributed by atoms with van der Waals surface area (Å²) in [5.41, 5.74) is 6.53. The normalized spacial score (nSPS) is 24.9. The van der Waals surface area contributed by atoms with Crippen LogP contribution in [-0.4, -0.2) is 19.1 Å². The number of hydrogen-bond donors (Lipinski definition) is 2. The van der Waals surface area contributed by atoms with Gasteiger partial charge in [0.25, 0.3) is 0 Å². The van der Waals surface area contributed by atoms with Crippen LogP contribution in [0.2, 0.25) is 0 Å². The van der Waals surface area contributed by atoms with Crippen molar-refractivity contribution in [3.05, 3.63) is 35.6 Å². The minimum Gasteiger partial charge on any atom is -0.329 e. The van der Waals surface area contributed by atoms with Gasteiger partial charge in [-0.05, 0) is 36.5 Å². The van der Waals surface area contributed by atoms with E-state index in [1.807, 2.05) is 6.07 Å². The maximum absolute atomic E-state index is 13.0. The predicted molar refractivity (Wildman–Crippen MR) is 59.2 cm³/mol. The van der Waals surface area contributed by atoms with E-state index in [4.69, 9.17) is 5.73 Å². The lowest BCUT2D eigenvalue weighted by Crippen LogP contribution is -2.42. The van der Waals surface area contributed by atoms with Crippen LogP contribution in [-0.2, 0) is 0 Å². The second-order valence-corrected chi connectivity index (χ2v) is 4.16. The highest BCUT2D eigenvalue weighted by Gasteiger charge is 2.29. The van der Waals surface area contributed by atoms with Gasteiger partial charge in [-0.2, -0.15) is 0 Å². The summed E-state index contributed by atoms with van der Waals surface area (Å²) in [6.07, 6.45) is 2.20. The lowest BCUT2D eigenvalue weighted by molar-refractivity contribution is 0.293. The molecule has 2 rings (SSSR count). The molecule has 1 saturated carbocycles. The molecule has 15 heavy (non-hydrogen) atoms. The molecule has 0 bridgehead atoms. The van der Waals surface area contributed by atoms with E-state index in [9.17, 15) is 4.39 Å². The zero-order chi connectivity index (χ0) is 10.7. The van der Waals surface area contributed by atoms with Crippen LogP contribution >= 0.6 is 0 Å². The molecule has 3 N–H and O–H groups in total. The van der Waals surface area contributed by atoms with Crippen molar-refractivity contribution in [3.8, 4) is 0 Å². The molecule has 0 spiro atoms. The van der Waals surface area contributed by atoms with Gasteiger partial charge in [-0.25, -0.2) is 4.39 Å². The van der Waals surface area contributed by atoms with Gasteiger partial charge < -0.3 is 11.1 Å². The Kier molecular flexibility index (Phi) is 3.34. The standard InChI is InChI=1S/C12H17FN2/c13-11-3-1-2-9(6-11)10-7-12(8-10)15-5-4-14/h1-3,6,10,12,15H,4-5,7-8,14H2. The molecule has 2 nitrogen and oxygen atoms in total. The highest BCUT2D eigenvalue weighted by molar-refractivity contribution is 5.23. The van der Waals surface area contributed by atoms with Crippen molar-refractivity contribution in [1.29, 1.82) is 0 Å². The summed E-state index contributed by atoms with van der Waals surface area (Å²) >= 11 is 0. The topological polar surface area (TPSA) is 38.0 Å². The third-order valence-electron chi connectivity index (χ3n) is 3.04. The highest BCUT2D eigenvalue weighted by atomic mass is 19.1. The van der Waals surface area contributed by atoms with Crippen LogP contribution < -0.4 is 11.1 Å². The van der Waals surface area contributed by atoms with E-state index in [0.717, 1.165) is 24.9 Å². The Bertz CT molecular complexity index is 321. The van der Waals surface area contributed by atoms with Crippen molar-refractivity contribution < 1.29 is 4.39 Å². The van der Waals surface area contributed by atoms with Gasteiger partial charge in [0.15, 0.2) is 0 Å². The monoisotopic (exact) mass is 208 g/mol. The summed E-state index contributed by atoms with van der Waals surface area (Å²) in [6, 6.07) is 7.50.